The van der Waals surface area contributed by atoms with Crippen molar-refractivity contribution in [1.82, 2.24) is 0 Å². The van der Waals surface area contributed by atoms with Crippen LogP contribution >= 0.6 is 0 Å². The van der Waals surface area contributed by atoms with E-state index in [-0.39, 0.29) is 11.2 Å². The molecule has 0 saturated carbocycles. The summed E-state index contributed by atoms with van der Waals surface area (Å²) in [6.45, 7) is 7.06. The van der Waals surface area contributed by atoms with Crippen molar-refractivity contribution in [2.75, 3.05) is 5.32 Å². The number of carbonyl (C=O) groups excluding carboxylic acids is 1. The molecule has 5 nitrogen and oxygen atoms in total. The van der Waals surface area contributed by atoms with Crippen LogP contribution in [0.3, 0.4) is 0 Å². The van der Waals surface area contributed by atoms with Gasteiger partial charge in [-0.1, -0.05) is 6.07 Å². The van der Waals surface area contributed by atoms with Crippen LogP contribution in [-0.2, 0) is 15.6 Å². The number of hydrogen-bond acceptors (Lipinski definition) is 4. The van der Waals surface area contributed by atoms with Crippen molar-refractivity contribution in [2.24, 2.45) is 0 Å². The molecule has 1 amide bonds. The van der Waals surface area contributed by atoms with E-state index in [9.17, 15) is 28.1 Å². The Hall–Kier alpha value is -1.58. The summed E-state index contributed by atoms with van der Waals surface area (Å²) in [6, 6.07) is 2.68. The SMILES string of the molecule is CC(=O)Nc1cc(B(O)OC(C)(C)C(C)(C)O)cc(C(F)(F)F)c1. The number of anilines is 1. The molecule has 0 aliphatic carbocycles. The Morgan fingerprint density at radius 3 is 2.12 bits per heavy atom. The third-order valence-electron chi connectivity index (χ3n) is 3.77. The van der Waals surface area contributed by atoms with E-state index in [1.165, 1.54) is 33.8 Å². The molecule has 24 heavy (non-hydrogen) atoms. The average molecular weight is 347 g/mol. The molecule has 0 fully saturated rings. The van der Waals surface area contributed by atoms with E-state index in [2.05, 4.69) is 5.32 Å². The second-order valence-corrected chi connectivity index (χ2v) is 6.56. The van der Waals surface area contributed by atoms with Gasteiger partial charge in [0, 0.05) is 12.6 Å². The first-order valence-electron chi connectivity index (χ1n) is 7.21. The molecule has 0 spiro atoms. The molecule has 0 heterocycles. The van der Waals surface area contributed by atoms with E-state index in [0.29, 0.717) is 0 Å². The van der Waals surface area contributed by atoms with Crippen LogP contribution in [0.5, 0.6) is 0 Å². The van der Waals surface area contributed by atoms with Gasteiger partial charge in [-0.3, -0.25) is 4.79 Å². The van der Waals surface area contributed by atoms with E-state index in [0.717, 1.165) is 19.1 Å². The first-order valence-corrected chi connectivity index (χ1v) is 7.21. The molecule has 0 unspecified atom stereocenters. The van der Waals surface area contributed by atoms with Crippen LogP contribution in [0.2, 0.25) is 0 Å². The predicted octanol–water partition coefficient (Wildman–Crippen LogP) is 1.92. The molecule has 0 radical (unpaired) electrons. The number of halogens is 3. The maximum absolute atomic E-state index is 13.0. The Morgan fingerprint density at radius 2 is 1.71 bits per heavy atom. The number of nitrogens with one attached hydrogen (secondary N) is 1. The number of benzene rings is 1. The highest BCUT2D eigenvalue weighted by atomic mass is 19.4. The molecule has 1 aromatic carbocycles. The lowest BCUT2D eigenvalue weighted by Crippen LogP contribution is -2.53. The lowest BCUT2D eigenvalue weighted by Gasteiger charge is -2.38. The molecular formula is C15H21BF3NO4. The Bertz CT molecular complexity index is 612. The number of rotatable bonds is 5. The summed E-state index contributed by atoms with van der Waals surface area (Å²) in [5, 5.41) is 22.4. The topological polar surface area (TPSA) is 78.8 Å². The van der Waals surface area contributed by atoms with Crippen molar-refractivity contribution in [1.29, 1.82) is 0 Å². The third kappa shape index (κ3) is 5.22. The van der Waals surface area contributed by atoms with Crippen molar-refractivity contribution >= 4 is 24.2 Å². The van der Waals surface area contributed by atoms with Crippen molar-refractivity contribution in [3.05, 3.63) is 23.8 Å². The quantitative estimate of drug-likeness (QED) is 0.711. The summed E-state index contributed by atoms with van der Waals surface area (Å²) < 4.78 is 44.3. The normalized spacial score (nSPS) is 12.9. The van der Waals surface area contributed by atoms with Gasteiger partial charge >= 0.3 is 13.3 Å². The number of carbonyl (C=O) groups is 1. The number of aliphatic hydroxyl groups is 1. The number of amides is 1. The van der Waals surface area contributed by atoms with Gasteiger partial charge in [-0.25, -0.2) is 0 Å². The zero-order chi connectivity index (χ0) is 18.9. The lowest BCUT2D eigenvalue weighted by atomic mass is 9.75. The van der Waals surface area contributed by atoms with Gasteiger partial charge in [0.1, 0.15) is 0 Å². The maximum Gasteiger partial charge on any atom is 0.491 e. The molecule has 0 saturated heterocycles. The van der Waals surface area contributed by atoms with Gasteiger partial charge in [-0.15, -0.1) is 0 Å². The van der Waals surface area contributed by atoms with Crippen LogP contribution in [0.4, 0.5) is 18.9 Å². The smallest absolute Gasteiger partial charge is 0.423 e. The van der Waals surface area contributed by atoms with Gasteiger partial charge in [-0.05, 0) is 45.3 Å². The number of hydrogen-bond donors (Lipinski definition) is 3. The van der Waals surface area contributed by atoms with Crippen LogP contribution in [0.25, 0.3) is 0 Å². The molecule has 134 valence electrons. The zero-order valence-electron chi connectivity index (χ0n) is 14.2. The second-order valence-electron chi connectivity index (χ2n) is 6.56. The summed E-state index contributed by atoms with van der Waals surface area (Å²) in [4.78, 5) is 11.1. The Labute approximate surface area is 139 Å². The fraction of sp³-hybridized carbons (Fsp3) is 0.533. The minimum atomic E-state index is -4.66. The summed E-state index contributed by atoms with van der Waals surface area (Å²) in [5.41, 5.74) is -3.93. The van der Waals surface area contributed by atoms with E-state index in [1.807, 2.05) is 0 Å². The molecule has 1 rings (SSSR count). The minimum Gasteiger partial charge on any atom is -0.423 e. The van der Waals surface area contributed by atoms with Gasteiger partial charge in [-0.2, -0.15) is 13.2 Å². The molecule has 1 aromatic rings. The Morgan fingerprint density at radius 1 is 1.17 bits per heavy atom. The van der Waals surface area contributed by atoms with Gasteiger partial charge in [0.2, 0.25) is 5.91 Å². The maximum atomic E-state index is 13.0. The van der Waals surface area contributed by atoms with Crippen LogP contribution in [0.1, 0.15) is 40.2 Å². The fourth-order valence-electron chi connectivity index (χ4n) is 1.72. The first kappa shape index (κ1) is 20.5. The van der Waals surface area contributed by atoms with Crippen molar-refractivity contribution < 1.29 is 32.8 Å². The molecule has 0 aromatic heterocycles. The molecule has 9 heteroatoms. The second kappa shape index (κ2) is 6.74. The number of alkyl halides is 3. The third-order valence-corrected chi connectivity index (χ3v) is 3.77. The van der Waals surface area contributed by atoms with Crippen LogP contribution in [0, 0.1) is 0 Å². The lowest BCUT2D eigenvalue weighted by molar-refractivity contribution is -0.137. The van der Waals surface area contributed by atoms with Crippen molar-refractivity contribution in [3.8, 4) is 0 Å². The van der Waals surface area contributed by atoms with E-state index >= 15 is 0 Å². The van der Waals surface area contributed by atoms with Gasteiger partial charge < -0.3 is 20.1 Å². The molecule has 0 aliphatic heterocycles. The Balaban J connectivity index is 3.24. The highest BCUT2D eigenvalue weighted by Crippen LogP contribution is 2.31. The highest BCUT2D eigenvalue weighted by Gasteiger charge is 2.40. The highest BCUT2D eigenvalue weighted by molar-refractivity contribution is 6.60. The van der Waals surface area contributed by atoms with E-state index in [4.69, 9.17) is 4.65 Å². The largest absolute Gasteiger partial charge is 0.491 e. The van der Waals surface area contributed by atoms with Crippen molar-refractivity contribution in [3.63, 3.8) is 0 Å². The van der Waals surface area contributed by atoms with Crippen LogP contribution in [0.15, 0.2) is 18.2 Å². The summed E-state index contributed by atoms with van der Waals surface area (Å²) >= 11 is 0. The summed E-state index contributed by atoms with van der Waals surface area (Å²) in [6.07, 6.45) is -4.66. The van der Waals surface area contributed by atoms with Crippen molar-refractivity contribution in [2.45, 2.75) is 52.0 Å². The molecule has 0 aliphatic rings. The van der Waals surface area contributed by atoms with Gasteiger partial charge in [0.15, 0.2) is 0 Å². The first-order chi connectivity index (χ1) is 10.6. The molecule has 0 atom stereocenters. The fourth-order valence-corrected chi connectivity index (χ4v) is 1.72. The predicted molar refractivity (Wildman–Crippen MR) is 84.8 cm³/mol. The molecule has 0 bridgehead atoms. The van der Waals surface area contributed by atoms with Crippen LogP contribution in [-0.4, -0.2) is 34.4 Å². The van der Waals surface area contributed by atoms with Gasteiger partial charge in [0.25, 0.3) is 0 Å². The average Bonchev–Trinajstić information content (AvgIpc) is 2.34. The van der Waals surface area contributed by atoms with E-state index in [1.54, 1.807) is 0 Å². The van der Waals surface area contributed by atoms with E-state index < -0.39 is 36.0 Å². The summed E-state index contributed by atoms with van der Waals surface area (Å²) in [5.74, 6) is -0.549. The summed E-state index contributed by atoms with van der Waals surface area (Å²) in [7, 11) is -1.72. The molecular weight excluding hydrogens is 326 g/mol. The monoisotopic (exact) mass is 347 g/mol. The standard InChI is InChI=1S/C15H21BF3NO4/c1-9(21)20-12-7-10(15(17,18)19)6-11(8-12)16(23)24-14(4,5)13(2,3)22/h6-8,22-23H,1-5H3,(H,20,21). The Kier molecular flexibility index (Phi) is 5.75. The zero-order valence-corrected chi connectivity index (χ0v) is 14.2. The minimum absolute atomic E-state index is 0.115. The van der Waals surface area contributed by atoms with Gasteiger partial charge in [0.05, 0.1) is 16.8 Å². The van der Waals surface area contributed by atoms with Crippen LogP contribution < -0.4 is 10.8 Å². The molecule has 3 N–H and O–H groups in total.